The van der Waals surface area contributed by atoms with Crippen LogP contribution in [0.25, 0.3) is 0 Å². The zero-order chi connectivity index (χ0) is 10.9. The third-order valence-corrected chi connectivity index (χ3v) is 4.42. The number of hydrogen-bond acceptors (Lipinski definition) is 4. The van der Waals surface area contributed by atoms with E-state index in [-0.39, 0.29) is 5.03 Å². The van der Waals surface area contributed by atoms with Gasteiger partial charge in [-0.2, -0.15) is 0 Å². The Labute approximate surface area is 92.3 Å². The lowest BCUT2D eigenvalue weighted by Crippen LogP contribution is -2.01. The zero-order valence-electron chi connectivity index (χ0n) is 8.04. The monoisotopic (exact) mass is 239 g/mol. The summed E-state index contributed by atoms with van der Waals surface area (Å²) >= 11 is 1.27. The first kappa shape index (κ1) is 10.3. The van der Waals surface area contributed by atoms with Crippen LogP contribution in [0.4, 0.5) is 0 Å². The number of aromatic nitrogens is 1. The molecule has 2 rings (SSSR count). The van der Waals surface area contributed by atoms with Crippen molar-refractivity contribution in [3.05, 3.63) is 40.7 Å². The van der Waals surface area contributed by atoms with Crippen LogP contribution in [-0.4, -0.2) is 13.4 Å². The minimum atomic E-state index is -3.41. The summed E-state index contributed by atoms with van der Waals surface area (Å²) in [6.07, 6.45) is 0. The van der Waals surface area contributed by atoms with Crippen molar-refractivity contribution < 1.29 is 8.42 Å². The zero-order valence-corrected chi connectivity index (χ0v) is 9.68. The number of rotatable bonds is 2. The van der Waals surface area contributed by atoms with Crippen molar-refractivity contribution >= 4 is 21.2 Å². The molecule has 5 heteroatoms. The lowest BCUT2D eigenvalue weighted by molar-refractivity contribution is 0.593. The molecule has 0 atom stereocenters. The standard InChI is InChI=1S/C10H9NO2S2/c1-8-2-4-9(5-3-8)15(12,13)10-6-14-7-11-10/h2-7H,1H3. The van der Waals surface area contributed by atoms with Gasteiger partial charge in [0.15, 0.2) is 5.03 Å². The van der Waals surface area contributed by atoms with Crippen molar-refractivity contribution in [2.75, 3.05) is 0 Å². The Kier molecular flexibility index (Phi) is 2.58. The van der Waals surface area contributed by atoms with Crippen molar-refractivity contribution in [1.82, 2.24) is 4.98 Å². The predicted molar refractivity (Wildman–Crippen MR) is 58.7 cm³/mol. The Morgan fingerprint density at radius 1 is 1.20 bits per heavy atom. The van der Waals surface area contributed by atoms with Crippen molar-refractivity contribution in [3.63, 3.8) is 0 Å². The molecule has 2 aromatic rings. The highest BCUT2D eigenvalue weighted by atomic mass is 32.2. The molecule has 1 aromatic carbocycles. The molecule has 0 N–H and O–H groups in total. The van der Waals surface area contributed by atoms with Gasteiger partial charge in [-0.3, -0.25) is 0 Å². The van der Waals surface area contributed by atoms with E-state index < -0.39 is 9.84 Å². The van der Waals surface area contributed by atoms with E-state index >= 15 is 0 Å². The number of hydrogen-bond donors (Lipinski definition) is 0. The van der Waals surface area contributed by atoms with Gasteiger partial charge in [0.1, 0.15) is 0 Å². The second-order valence-corrected chi connectivity index (χ2v) is 5.76. The fraction of sp³-hybridized carbons (Fsp3) is 0.100. The Hall–Kier alpha value is -1.20. The highest BCUT2D eigenvalue weighted by molar-refractivity contribution is 7.91. The highest BCUT2D eigenvalue weighted by Crippen LogP contribution is 2.20. The molecule has 3 nitrogen and oxygen atoms in total. The Balaban J connectivity index is 2.52. The Bertz CT molecular complexity index is 542. The number of benzene rings is 1. The van der Waals surface area contributed by atoms with Crippen molar-refractivity contribution in [3.8, 4) is 0 Å². The lowest BCUT2D eigenvalue weighted by atomic mass is 10.2. The molecule has 1 aromatic heterocycles. The molecule has 78 valence electrons. The molecule has 0 saturated heterocycles. The van der Waals surface area contributed by atoms with Crippen LogP contribution < -0.4 is 0 Å². The average molecular weight is 239 g/mol. The summed E-state index contributed by atoms with van der Waals surface area (Å²) in [4.78, 5) is 4.11. The maximum Gasteiger partial charge on any atom is 0.224 e. The van der Waals surface area contributed by atoms with Gasteiger partial charge in [0.2, 0.25) is 9.84 Å². The first-order chi connectivity index (χ1) is 7.10. The molecular formula is C10H9NO2S2. The average Bonchev–Trinajstić information content (AvgIpc) is 2.71. The summed E-state index contributed by atoms with van der Waals surface area (Å²) < 4.78 is 23.9. The van der Waals surface area contributed by atoms with E-state index in [4.69, 9.17) is 0 Å². The molecule has 0 bridgehead atoms. The highest BCUT2D eigenvalue weighted by Gasteiger charge is 2.18. The van der Waals surface area contributed by atoms with E-state index in [9.17, 15) is 8.42 Å². The molecule has 0 aliphatic rings. The van der Waals surface area contributed by atoms with Gasteiger partial charge in [0, 0.05) is 5.38 Å². The quantitative estimate of drug-likeness (QED) is 0.807. The maximum atomic E-state index is 12.0. The molecule has 15 heavy (non-hydrogen) atoms. The molecule has 0 aliphatic heterocycles. The van der Waals surface area contributed by atoms with E-state index in [0.717, 1.165) is 5.56 Å². The predicted octanol–water partition coefficient (Wildman–Crippen LogP) is 2.28. The van der Waals surface area contributed by atoms with Crippen molar-refractivity contribution in [2.24, 2.45) is 0 Å². The number of nitrogens with zero attached hydrogens (tertiary/aromatic N) is 1. The van der Waals surface area contributed by atoms with Crippen LogP contribution in [0.15, 0.2) is 45.1 Å². The minimum absolute atomic E-state index is 0.122. The van der Waals surface area contributed by atoms with Gasteiger partial charge in [0.05, 0.1) is 10.4 Å². The Morgan fingerprint density at radius 3 is 2.40 bits per heavy atom. The summed E-state index contributed by atoms with van der Waals surface area (Å²) in [6, 6.07) is 6.76. The van der Waals surface area contributed by atoms with Gasteiger partial charge in [-0.1, -0.05) is 17.7 Å². The molecule has 0 fully saturated rings. The second-order valence-electron chi connectivity index (χ2n) is 3.14. The van der Waals surface area contributed by atoms with Crippen molar-refractivity contribution in [2.45, 2.75) is 16.8 Å². The van der Waals surface area contributed by atoms with Crippen LogP contribution in [0.3, 0.4) is 0 Å². The third-order valence-electron chi connectivity index (χ3n) is 2.02. The smallest absolute Gasteiger partial charge is 0.224 e. The topological polar surface area (TPSA) is 47.0 Å². The molecule has 0 amide bonds. The fourth-order valence-electron chi connectivity index (χ4n) is 1.17. The Morgan fingerprint density at radius 2 is 1.87 bits per heavy atom. The van der Waals surface area contributed by atoms with Crippen LogP contribution in [0.2, 0.25) is 0 Å². The molecule has 0 radical (unpaired) electrons. The maximum absolute atomic E-state index is 12.0. The van der Waals surface area contributed by atoms with E-state index in [1.165, 1.54) is 22.2 Å². The van der Waals surface area contributed by atoms with Crippen LogP contribution in [0, 0.1) is 6.92 Å². The van der Waals surface area contributed by atoms with Crippen molar-refractivity contribution in [1.29, 1.82) is 0 Å². The summed E-state index contributed by atoms with van der Waals surface area (Å²) in [5, 5.41) is 1.66. The normalized spacial score (nSPS) is 11.5. The van der Waals surface area contributed by atoms with E-state index in [0.29, 0.717) is 4.90 Å². The minimum Gasteiger partial charge on any atom is -0.233 e. The van der Waals surface area contributed by atoms with Gasteiger partial charge in [0.25, 0.3) is 0 Å². The lowest BCUT2D eigenvalue weighted by Gasteiger charge is -2.00. The van der Waals surface area contributed by atoms with E-state index in [1.54, 1.807) is 24.3 Å². The number of aryl methyl sites for hydroxylation is 1. The van der Waals surface area contributed by atoms with Crippen LogP contribution in [-0.2, 0) is 9.84 Å². The fourth-order valence-corrected chi connectivity index (χ4v) is 3.25. The van der Waals surface area contributed by atoms with Gasteiger partial charge >= 0.3 is 0 Å². The third kappa shape index (κ3) is 1.93. The molecule has 0 aliphatic carbocycles. The first-order valence-electron chi connectivity index (χ1n) is 4.30. The van der Waals surface area contributed by atoms with Crippen LogP contribution in [0.5, 0.6) is 0 Å². The summed E-state index contributed by atoms with van der Waals surface area (Å²) in [7, 11) is -3.41. The SMILES string of the molecule is Cc1ccc(S(=O)(=O)c2cscn2)cc1. The number of thiazole rings is 1. The first-order valence-corrected chi connectivity index (χ1v) is 6.73. The summed E-state index contributed by atoms with van der Waals surface area (Å²) in [6.45, 7) is 1.92. The van der Waals surface area contributed by atoms with Crippen LogP contribution >= 0.6 is 11.3 Å². The molecule has 1 heterocycles. The molecule has 0 unspecified atom stereocenters. The van der Waals surface area contributed by atoms with E-state index in [2.05, 4.69) is 4.98 Å². The van der Waals surface area contributed by atoms with E-state index in [1.807, 2.05) is 6.92 Å². The second kappa shape index (κ2) is 3.75. The van der Waals surface area contributed by atoms with Gasteiger partial charge in [-0.15, -0.1) is 11.3 Å². The van der Waals surface area contributed by atoms with Gasteiger partial charge in [-0.05, 0) is 19.1 Å². The molecule has 0 saturated carbocycles. The molecule has 0 spiro atoms. The summed E-state index contributed by atoms with van der Waals surface area (Å²) in [5.41, 5.74) is 2.55. The number of sulfone groups is 1. The molecular weight excluding hydrogens is 230 g/mol. The summed E-state index contributed by atoms with van der Waals surface area (Å²) in [5.74, 6) is 0. The largest absolute Gasteiger partial charge is 0.233 e. The van der Waals surface area contributed by atoms with Gasteiger partial charge in [-0.25, -0.2) is 13.4 Å². The van der Waals surface area contributed by atoms with Gasteiger partial charge < -0.3 is 0 Å². The van der Waals surface area contributed by atoms with Crippen LogP contribution in [0.1, 0.15) is 5.56 Å².